The van der Waals surface area contributed by atoms with Crippen molar-refractivity contribution in [1.82, 2.24) is 9.80 Å². The van der Waals surface area contributed by atoms with Crippen LogP contribution >= 0.6 is 0 Å². The Morgan fingerprint density at radius 1 is 0.882 bits per heavy atom. The number of carbonyl (C=O) groups excluding carboxylic acids is 1. The number of benzene rings is 3. The van der Waals surface area contributed by atoms with Crippen molar-refractivity contribution in [2.24, 2.45) is 0 Å². The number of piperazine rings is 1. The van der Waals surface area contributed by atoms with E-state index in [2.05, 4.69) is 30.0 Å². The molecular formula is C27H31N3O3S. The lowest BCUT2D eigenvalue weighted by molar-refractivity contribution is 0.0628. The molecule has 0 saturated carbocycles. The number of sulfonamides is 1. The SMILES string of the molecule is Cc1ccc(N(C)S(=O)(=O)c2cccc(C(=O)N3CCN(Cc4ccccc4C)CC3)c2)cc1. The first-order valence-corrected chi connectivity index (χ1v) is 12.9. The summed E-state index contributed by atoms with van der Waals surface area (Å²) in [5.41, 5.74) is 4.60. The van der Waals surface area contributed by atoms with Gasteiger partial charge in [0.15, 0.2) is 0 Å². The molecule has 1 amide bonds. The minimum absolute atomic E-state index is 0.111. The van der Waals surface area contributed by atoms with Gasteiger partial charge >= 0.3 is 0 Å². The zero-order chi connectivity index (χ0) is 24.3. The Labute approximate surface area is 202 Å². The van der Waals surface area contributed by atoms with E-state index in [9.17, 15) is 13.2 Å². The van der Waals surface area contributed by atoms with Crippen LogP contribution in [0.2, 0.25) is 0 Å². The molecule has 1 heterocycles. The van der Waals surface area contributed by atoms with Crippen LogP contribution in [-0.2, 0) is 16.6 Å². The molecule has 0 atom stereocenters. The van der Waals surface area contributed by atoms with E-state index in [1.807, 2.05) is 30.0 Å². The number of carbonyl (C=O) groups is 1. The van der Waals surface area contributed by atoms with Gasteiger partial charge in [-0.2, -0.15) is 0 Å². The zero-order valence-electron chi connectivity index (χ0n) is 19.9. The third kappa shape index (κ3) is 5.16. The van der Waals surface area contributed by atoms with Crippen molar-refractivity contribution in [3.8, 4) is 0 Å². The lowest BCUT2D eigenvalue weighted by Gasteiger charge is -2.35. The first-order chi connectivity index (χ1) is 16.3. The van der Waals surface area contributed by atoms with Crippen LogP contribution in [0.1, 0.15) is 27.0 Å². The maximum Gasteiger partial charge on any atom is 0.264 e. The second kappa shape index (κ2) is 9.99. The van der Waals surface area contributed by atoms with Gasteiger partial charge in [-0.3, -0.25) is 14.0 Å². The van der Waals surface area contributed by atoms with Crippen molar-refractivity contribution >= 4 is 21.6 Å². The molecule has 1 aliphatic heterocycles. The summed E-state index contributed by atoms with van der Waals surface area (Å²) >= 11 is 0. The highest BCUT2D eigenvalue weighted by molar-refractivity contribution is 7.92. The number of nitrogens with zero attached hydrogens (tertiary/aromatic N) is 3. The van der Waals surface area contributed by atoms with E-state index in [1.54, 1.807) is 24.3 Å². The Hall–Kier alpha value is -3.16. The Kier molecular flexibility index (Phi) is 7.05. The van der Waals surface area contributed by atoms with Gasteiger partial charge in [0.05, 0.1) is 10.6 Å². The molecule has 7 heteroatoms. The number of anilines is 1. The molecule has 0 aromatic heterocycles. The molecule has 0 unspecified atom stereocenters. The van der Waals surface area contributed by atoms with Crippen LogP contribution in [-0.4, -0.2) is 57.4 Å². The van der Waals surface area contributed by atoms with Crippen LogP contribution in [0.15, 0.2) is 77.7 Å². The zero-order valence-corrected chi connectivity index (χ0v) is 20.8. The molecule has 34 heavy (non-hydrogen) atoms. The van der Waals surface area contributed by atoms with Crippen LogP contribution in [0.25, 0.3) is 0 Å². The van der Waals surface area contributed by atoms with Crippen molar-refractivity contribution < 1.29 is 13.2 Å². The van der Waals surface area contributed by atoms with Gasteiger partial charge in [-0.05, 0) is 55.3 Å². The molecular weight excluding hydrogens is 446 g/mol. The van der Waals surface area contributed by atoms with Gasteiger partial charge in [-0.25, -0.2) is 8.42 Å². The van der Waals surface area contributed by atoms with Crippen molar-refractivity contribution in [2.75, 3.05) is 37.5 Å². The van der Waals surface area contributed by atoms with E-state index >= 15 is 0 Å². The van der Waals surface area contributed by atoms with Gasteiger partial charge in [-0.15, -0.1) is 0 Å². The van der Waals surface area contributed by atoms with E-state index in [1.165, 1.54) is 34.6 Å². The van der Waals surface area contributed by atoms with E-state index in [4.69, 9.17) is 0 Å². The Balaban J connectivity index is 1.44. The number of rotatable bonds is 6. The fourth-order valence-corrected chi connectivity index (χ4v) is 5.40. The van der Waals surface area contributed by atoms with Gasteiger partial charge in [0.1, 0.15) is 0 Å². The van der Waals surface area contributed by atoms with E-state index in [0.29, 0.717) is 24.3 Å². The van der Waals surface area contributed by atoms with Gasteiger partial charge in [0.2, 0.25) is 0 Å². The van der Waals surface area contributed by atoms with Gasteiger partial charge in [0.25, 0.3) is 15.9 Å². The Morgan fingerprint density at radius 3 is 2.24 bits per heavy atom. The van der Waals surface area contributed by atoms with Gasteiger partial charge in [0, 0.05) is 45.3 Å². The Bertz CT molecular complexity index is 1260. The van der Waals surface area contributed by atoms with Crippen LogP contribution in [0.5, 0.6) is 0 Å². The second-order valence-electron chi connectivity index (χ2n) is 8.83. The quantitative estimate of drug-likeness (QED) is 0.537. The molecule has 0 radical (unpaired) electrons. The third-order valence-corrected chi connectivity index (χ3v) is 8.23. The summed E-state index contributed by atoms with van der Waals surface area (Å²) in [5.74, 6) is -0.134. The fourth-order valence-electron chi connectivity index (χ4n) is 4.16. The molecule has 3 aromatic carbocycles. The number of hydrogen-bond acceptors (Lipinski definition) is 4. The predicted octanol–water partition coefficient (Wildman–Crippen LogP) is 4.09. The third-order valence-electron chi connectivity index (χ3n) is 6.45. The van der Waals surface area contributed by atoms with Crippen molar-refractivity contribution in [3.05, 3.63) is 95.1 Å². The molecule has 3 aromatic rings. The first-order valence-electron chi connectivity index (χ1n) is 11.5. The van der Waals surface area contributed by atoms with Crippen molar-refractivity contribution in [2.45, 2.75) is 25.3 Å². The van der Waals surface area contributed by atoms with Crippen LogP contribution in [0.4, 0.5) is 5.69 Å². The minimum atomic E-state index is -3.78. The van der Waals surface area contributed by atoms with E-state index in [-0.39, 0.29) is 10.8 Å². The van der Waals surface area contributed by atoms with Crippen LogP contribution < -0.4 is 4.31 Å². The summed E-state index contributed by atoms with van der Waals surface area (Å²) in [6, 6.07) is 22.0. The normalized spacial score (nSPS) is 14.7. The molecule has 0 bridgehead atoms. The average Bonchev–Trinajstić information content (AvgIpc) is 2.85. The maximum absolute atomic E-state index is 13.2. The van der Waals surface area contributed by atoms with E-state index < -0.39 is 10.0 Å². The smallest absolute Gasteiger partial charge is 0.264 e. The molecule has 1 saturated heterocycles. The van der Waals surface area contributed by atoms with Gasteiger partial charge < -0.3 is 4.90 Å². The number of amides is 1. The molecule has 1 fully saturated rings. The predicted molar refractivity (Wildman–Crippen MR) is 136 cm³/mol. The highest BCUT2D eigenvalue weighted by atomic mass is 32.2. The lowest BCUT2D eigenvalue weighted by Crippen LogP contribution is -2.48. The number of aryl methyl sites for hydroxylation is 2. The Morgan fingerprint density at radius 2 is 1.56 bits per heavy atom. The molecule has 6 nitrogen and oxygen atoms in total. The summed E-state index contributed by atoms with van der Waals surface area (Å²) in [4.78, 5) is 17.4. The molecule has 0 spiro atoms. The average molecular weight is 478 g/mol. The summed E-state index contributed by atoms with van der Waals surface area (Å²) < 4.78 is 27.7. The second-order valence-corrected chi connectivity index (χ2v) is 10.8. The molecule has 0 N–H and O–H groups in total. The van der Waals surface area contributed by atoms with Crippen molar-refractivity contribution in [3.63, 3.8) is 0 Å². The first kappa shape index (κ1) is 24.0. The van der Waals surface area contributed by atoms with Gasteiger partial charge in [-0.1, -0.05) is 48.0 Å². The minimum Gasteiger partial charge on any atom is -0.336 e. The molecule has 4 rings (SSSR count). The molecule has 178 valence electrons. The lowest BCUT2D eigenvalue weighted by atomic mass is 10.1. The monoisotopic (exact) mass is 477 g/mol. The largest absolute Gasteiger partial charge is 0.336 e. The highest BCUT2D eigenvalue weighted by Gasteiger charge is 2.26. The standard InChI is InChI=1S/C27H31N3O3S/c1-21-11-13-25(14-12-21)28(3)34(32,33)26-10-6-9-23(19-26)27(31)30-17-15-29(16-18-30)20-24-8-5-4-7-22(24)2/h4-14,19H,15-18,20H2,1-3H3. The topological polar surface area (TPSA) is 60.9 Å². The van der Waals surface area contributed by atoms with Crippen LogP contribution in [0.3, 0.4) is 0 Å². The summed E-state index contributed by atoms with van der Waals surface area (Å²) in [7, 11) is -2.25. The number of hydrogen-bond donors (Lipinski definition) is 0. The summed E-state index contributed by atoms with van der Waals surface area (Å²) in [6.45, 7) is 7.74. The summed E-state index contributed by atoms with van der Waals surface area (Å²) in [5, 5.41) is 0. The summed E-state index contributed by atoms with van der Waals surface area (Å²) in [6.07, 6.45) is 0. The van der Waals surface area contributed by atoms with Crippen LogP contribution in [0, 0.1) is 13.8 Å². The molecule has 1 aliphatic rings. The van der Waals surface area contributed by atoms with E-state index in [0.717, 1.165) is 25.2 Å². The maximum atomic E-state index is 13.2. The highest BCUT2D eigenvalue weighted by Crippen LogP contribution is 2.24. The fraction of sp³-hybridized carbons (Fsp3) is 0.296. The molecule has 0 aliphatic carbocycles. The van der Waals surface area contributed by atoms with Crippen molar-refractivity contribution in [1.29, 1.82) is 0 Å².